The number of aromatic nitrogens is 2. The van der Waals surface area contributed by atoms with E-state index in [1.165, 1.54) is 12.8 Å². The van der Waals surface area contributed by atoms with Gasteiger partial charge in [0.05, 0.1) is 5.39 Å². The second-order valence-electron chi connectivity index (χ2n) is 3.38. The maximum absolute atomic E-state index is 5.82. The summed E-state index contributed by atoms with van der Waals surface area (Å²) in [5.41, 5.74) is 5.82. The van der Waals surface area contributed by atoms with Gasteiger partial charge in [-0.15, -0.1) is 11.3 Å². The molecular formula is C9H9N3S. The molecule has 0 atom stereocenters. The lowest BCUT2D eigenvalue weighted by molar-refractivity contribution is 0.956. The summed E-state index contributed by atoms with van der Waals surface area (Å²) in [6.45, 7) is 0. The topological polar surface area (TPSA) is 51.8 Å². The van der Waals surface area contributed by atoms with Gasteiger partial charge in [-0.1, -0.05) is 0 Å². The van der Waals surface area contributed by atoms with Crippen molar-refractivity contribution in [2.24, 2.45) is 0 Å². The normalized spacial score (nSPS) is 16.6. The number of nitrogen functional groups attached to an aromatic ring is 1. The van der Waals surface area contributed by atoms with E-state index >= 15 is 0 Å². The van der Waals surface area contributed by atoms with Crippen LogP contribution in [0, 0.1) is 0 Å². The lowest BCUT2D eigenvalue weighted by Crippen LogP contribution is -1.97. The Labute approximate surface area is 79.6 Å². The molecule has 3 rings (SSSR count). The molecule has 66 valence electrons. The Morgan fingerprint density at radius 2 is 2.23 bits per heavy atom. The number of hydrogen-bond donors (Lipinski definition) is 1. The Kier molecular flexibility index (Phi) is 1.35. The molecule has 0 radical (unpaired) electrons. The van der Waals surface area contributed by atoms with Crippen molar-refractivity contribution in [2.75, 3.05) is 5.73 Å². The molecule has 2 N–H and O–H groups in total. The first-order valence-electron chi connectivity index (χ1n) is 4.35. The van der Waals surface area contributed by atoms with Gasteiger partial charge in [0.2, 0.25) is 0 Å². The molecule has 1 aliphatic rings. The minimum absolute atomic E-state index is 0.578. The number of hydrogen-bond acceptors (Lipinski definition) is 4. The first-order chi connectivity index (χ1) is 6.34. The van der Waals surface area contributed by atoms with Gasteiger partial charge in [0.25, 0.3) is 0 Å². The lowest BCUT2D eigenvalue weighted by atomic mass is 10.3. The third-order valence-electron chi connectivity index (χ3n) is 2.31. The predicted octanol–water partition coefficient (Wildman–Crippen LogP) is 2.15. The van der Waals surface area contributed by atoms with Gasteiger partial charge in [0, 0.05) is 5.92 Å². The number of nitrogens with two attached hydrogens (primary N) is 1. The number of fused-ring (bicyclic) bond motifs is 1. The first-order valence-corrected chi connectivity index (χ1v) is 5.23. The van der Waals surface area contributed by atoms with Crippen molar-refractivity contribution in [1.82, 2.24) is 9.97 Å². The molecule has 0 unspecified atom stereocenters. The van der Waals surface area contributed by atoms with E-state index < -0.39 is 0 Å². The zero-order valence-corrected chi connectivity index (χ0v) is 7.84. The van der Waals surface area contributed by atoms with Crippen LogP contribution in [0.15, 0.2) is 11.4 Å². The summed E-state index contributed by atoms with van der Waals surface area (Å²) in [5.74, 6) is 2.15. The van der Waals surface area contributed by atoms with Crippen LogP contribution in [0.25, 0.3) is 10.2 Å². The molecule has 3 nitrogen and oxygen atoms in total. The molecule has 1 aliphatic carbocycles. The van der Waals surface area contributed by atoms with Crippen LogP contribution < -0.4 is 5.73 Å². The summed E-state index contributed by atoms with van der Waals surface area (Å²) in [5, 5.41) is 3.00. The Balaban J connectivity index is 2.27. The van der Waals surface area contributed by atoms with Crippen molar-refractivity contribution in [1.29, 1.82) is 0 Å². The molecule has 2 aromatic heterocycles. The highest BCUT2D eigenvalue weighted by atomic mass is 32.1. The quantitative estimate of drug-likeness (QED) is 0.751. The second-order valence-corrected chi connectivity index (χ2v) is 4.28. The molecule has 0 spiro atoms. The van der Waals surface area contributed by atoms with Crippen molar-refractivity contribution < 1.29 is 0 Å². The van der Waals surface area contributed by atoms with Gasteiger partial charge >= 0.3 is 0 Å². The maximum atomic E-state index is 5.82. The summed E-state index contributed by atoms with van der Waals surface area (Å²) in [6.07, 6.45) is 2.44. The minimum atomic E-state index is 0.578. The van der Waals surface area contributed by atoms with Crippen LogP contribution in [0.4, 0.5) is 5.82 Å². The summed E-state index contributed by atoms with van der Waals surface area (Å²) >= 11 is 1.63. The molecule has 0 saturated heterocycles. The number of thiophene rings is 1. The Bertz CT molecular complexity index is 459. The van der Waals surface area contributed by atoms with Gasteiger partial charge in [0.1, 0.15) is 16.5 Å². The third-order valence-corrected chi connectivity index (χ3v) is 3.12. The van der Waals surface area contributed by atoms with Crippen LogP contribution in [0.1, 0.15) is 24.6 Å². The molecule has 2 aromatic rings. The van der Waals surface area contributed by atoms with E-state index in [2.05, 4.69) is 9.97 Å². The maximum Gasteiger partial charge on any atom is 0.135 e. The first kappa shape index (κ1) is 7.26. The average molecular weight is 191 g/mol. The highest BCUT2D eigenvalue weighted by molar-refractivity contribution is 7.16. The molecule has 13 heavy (non-hydrogen) atoms. The predicted molar refractivity (Wildman–Crippen MR) is 53.8 cm³/mol. The van der Waals surface area contributed by atoms with Crippen molar-refractivity contribution in [3.05, 3.63) is 17.3 Å². The fraction of sp³-hybridized carbons (Fsp3) is 0.333. The Morgan fingerprint density at radius 3 is 3.00 bits per heavy atom. The molecule has 0 aliphatic heterocycles. The van der Waals surface area contributed by atoms with Crippen LogP contribution in [-0.2, 0) is 0 Å². The minimum Gasteiger partial charge on any atom is -0.383 e. The smallest absolute Gasteiger partial charge is 0.135 e. The van der Waals surface area contributed by atoms with Crippen molar-refractivity contribution in [3.63, 3.8) is 0 Å². The van der Waals surface area contributed by atoms with Gasteiger partial charge in [-0.3, -0.25) is 0 Å². The van der Waals surface area contributed by atoms with Gasteiger partial charge < -0.3 is 5.73 Å². The van der Waals surface area contributed by atoms with Crippen LogP contribution in [0.3, 0.4) is 0 Å². The molecule has 1 saturated carbocycles. The number of anilines is 1. The van der Waals surface area contributed by atoms with Gasteiger partial charge in [-0.05, 0) is 24.3 Å². The van der Waals surface area contributed by atoms with Crippen LogP contribution in [0.2, 0.25) is 0 Å². The molecular weight excluding hydrogens is 182 g/mol. The molecule has 4 heteroatoms. The monoisotopic (exact) mass is 191 g/mol. The van der Waals surface area contributed by atoms with Crippen molar-refractivity contribution in [2.45, 2.75) is 18.8 Å². The van der Waals surface area contributed by atoms with Crippen LogP contribution >= 0.6 is 11.3 Å². The number of rotatable bonds is 1. The van der Waals surface area contributed by atoms with E-state index in [0.717, 1.165) is 16.0 Å². The highest BCUT2D eigenvalue weighted by Crippen LogP contribution is 2.39. The third kappa shape index (κ3) is 1.09. The average Bonchev–Trinajstić information content (AvgIpc) is 2.85. The molecule has 2 heterocycles. The van der Waals surface area contributed by atoms with E-state index in [1.54, 1.807) is 11.3 Å². The summed E-state index contributed by atoms with van der Waals surface area (Å²) in [6, 6.07) is 1.98. The van der Waals surface area contributed by atoms with Gasteiger partial charge in [0.15, 0.2) is 0 Å². The lowest BCUT2D eigenvalue weighted by Gasteiger charge is -1.99. The SMILES string of the molecule is Nc1nc(C2CC2)nc2sccc12. The Morgan fingerprint density at radius 1 is 1.38 bits per heavy atom. The summed E-state index contributed by atoms with van der Waals surface area (Å²) < 4.78 is 0. The van der Waals surface area contributed by atoms with Crippen LogP contribution in [0.5, 0.6) is 0 Å². The van der Waals surface area contributed by atoms with E-state index in [9.17, 15) is 0 Å². The van der Waals surface area contributed by atoms with E-state index in [-0.39, 0.29) is 0 Å². The highest BCUT2D eigenvalue weighted by Gasteiger charge is 2.27. The molecule has 0 aromatic carbocycles. The standard InChI is InChI=1S/C9H9N3S/c10-7-6-3-4-13-9(6)12-8(11-7)5-1-2-5/h3-5H,1-2H2,(H2,10,11,12). The summed E-state index contributed by atoms with van der Waals surface area (Å²) in [7, 11) is 0. The largest absolute Gasteiger partial charge is 0.383 e. The van der Waals surface area contributed by atoms with Crippen molar-refractivity contribution in [3.8, 4) is 0 Å². The molecule has 1 fully saturated rings. The van der Waals surface area contributed by atoms with Crippen LogP contribution in [-0.4, -0.2) is 9.97 Å². The zero-order chi connectivity index (χ0) is 8.84. The fourth-order valence-electron chi connectivity index (χ4n) is 1.42. The number of nitrogens with zero attached hydrogens (tertiary/aromatic N) is 2. The second kappa shape index (κ2) is 2.42. The van der Waals surface area contributed by atoms with E-state index in [0.29, 0.717) is 11.7 Å². The van der Waals surface area contributed by atoms with E-state index in [4.69, 9.17) is 5.73 Å². The molecule has 0 bridgehead atoms. The van der Waals surface area contributed by atoms with Gasteiger partial charge in [-0.25, -0.2) is 9.97 Å². The zero-order valence-electron chi connectivity index (χ0n) is 7.03. The van der Waals surface area contributed by atoms with E-state index in [1.807, 2.05) is 11.4 Å². The van der Waals surface area contributed by atoms with Crippen molar-refractivity contribution >= 4 is 27.4 Å². The Hall–Kier alpha value is -1.16. The fourth-order valence-corrected chi connectivity index (χ4v) is 2.20. The van der Waals surface area contributed by atoms with Gasteiger partial charge in [-0.2, -0.15) is 0 Å². The summed E-state index contributed by atoms with van der Waals surface area (Å²) in [4.78, 5) is 9.82. The molecule has 0 amide bonds.